The van der Waals surface area contributed by atoms with Crippen LogP contribution in [0.5, 0.6) is 11.5 Å². The van der Waals surface area contributed by atoms with Crippen molar-refractivity contribution in [1.29, 1.82) is 0 Å². The Balaban J connectivity index is 1.95. The maximum atomic E-state index is 15.1. The molecule has 3 aromatic carbocycles. The van der Waals surface area contributed by atoms with Crippen LogP contribution in [0.1, 0.15) is 28.3 Å². The van der Waals surface area contributed by atoms with Gasteiger partial charge in [0.15, 0.2) is 0 Å². The summed E-state index contributed by atoms with van der Waals surface area (Å²) in [6.07, 6.45) is 4.79. The zero-order chi connectivity index (χ0) is 24.1. The fourth-order valence-electron chi connectivity index (χ4n) is 4.60. The number of hydrogen-bond donors (Lipinski definition) is 2. The summed E-state index contributed by atoms with van der Waals surface area (Å²) in [6.45, 7) is 9.95. The minimum atomic E-state index is -0.507. The topological polar surface area (TPSA) is 52.9 Å². The number of benzene rings is 3. The average Bonchev–Trinajstić information content (AvgIpc) is 2.84. The number of ether oxygens (including phenoxy) is 1. The lowest BCUT2D eigenvalue weighted by Crippen LogP contribution is -2.40. The maximum absolute atomic E-state index is 15.1. The second kappa shape index (κ2) is 10.7. The van der Waals surface area contributed by atoms with Crippen molar-refractivity contribution in [2.75, 3.05) is 26.3 Å². The van der Waals surface area contributed by atoms with E-state index in [-0.39, 0.29) is 17.3 Å². The molecule has 0 aromatic heterocycles. The summed E-state index contributed by atoms with van der Waals surface area (Å²) in [4.78, 5) is 2.13. The number of rotatable bonds is 8. The van der Waals surface area contributed by atoms with Gasteiger partial charge in [-0.05, 0) is 54.3 Å². The van der Waals surface area contributed by atoms with E-state index in [4.69, 9.17) is 4.74 Å². The Morgan fingerprint density at radius 2 is 1.56 bits per heavy atom. The number of morpholine rings is 1. The quantitative estimate of drug-likeness (QED) is 0.419. The number of hydrogen-bond acceptors (Lipinski definition) is 4. The smallest absolute Gasteiger partial charge is 0.128 e. The molecule has 1 atom stereocenters. The lowest BCUT2D eigenvalue weighted by atomic mass is 9.88. The van der Waals surface area contributed by atoms with Crippen molar-refractivity contribution in [2.24, 2.45) is 0 Å². The van der Waals surface area contributed by atoms with Crippen LogP contribution in [0.25, 0.3) is 11.1 Å². The minimum Gasteiger partial charge on any atom is -0.507 e. The third-order valence-corrected chi connectivity index (χ3v) is 6.22. The van der Waals surface area contributed by atoms with Crippen LogP contribution in [0.2, 0.25) is 0 Å². The largest absolute Gasteiger partial charge is 0.507 e. The third kappa shape index (κ3) is 4.91. The summed E-state index contributed by atoms with van der Waals surface area (Å²) in [7, 11) is 0. The molecular formula is C29H30FNO3. The summed E-state index contributed by atoms with van der Waals surface area (Å²) >= 11 is 0. The van der Waals surface area contributed by atoms with Gasteiger partial charge in [0.1, 0.15) is 17.3 Å². The first-order chi connectivity index (χ1) is 16.5. The molecule has 3 aromatic rings. The van der Waals surface area contributed by atoms with Crippen LogP contribution in [-0.4, -0.2) is 41.4 Å². The van der Waals surface area contributed by atoms with Crippen LogP contribution >= 0.6 is 0 Å². The van der Waals surface area contributed by atoms with Crippen LogP contribution in [0, 0.1) is 5.82 Å². The summed E-state index contributed by atoms with van der Waals surface area (Å²) < 4.78 is 20.6. The van der Waals surface area contributed by atoms with Gasteiger partial charge in [-0.1, -0.05) is 36.4 Å². The molecule has 34 heavy (non-hydrogen) atoms. The van der Waals surface area contributed by atoms with Crippen LogP contribution in [0.3, 0.4) is 0 Å². The standard InChI is InChI=1S/C29H30FNO3/c1-3-7-20-11-12-27(32)23(17-20)24-18-21(8-4-2)19-25(29(24)33)28(31-13-15-34-16-14-31)22-9-5-6-10-26(22)30/h3-6,9-12,17-19,28,32-33H,1-2,7-8,13-16H2. The average molecular weight is 460 g/mol. The zero-order valence-electron chi connectivity index (χ0n) is 19.2. The lowest BCUT2D eigenvalue weighted by molar-refractivity contribution is 0.0229. The van der Waals surface area contributed by atoms with Gasteiger partial charge in [0.25, 0.3) is 0 Å². The molecule has 1 saturated heterocycles. The molecular weight excluding hydrogens is 429 g/mol. The normalized spacial score (nSPS) is 15.1. The Hall–Kier alpha value is -3.41. The van der Waals surface area contributed by atoms with Crippen molar-refractivity contribution in [2.45, 2.75) is 18.9 Å². The van der Waals surface area contributed by atoms with E-state index < -0.39 is 6.04 Å². The van der Waals surface area contributed by atoms with Crippen molar-refractivity contribution in [1.82, 2.24) is 4.90 Å². The number of halogens is 1. The highest BCUT2D eigenvalue weighted by Crippen LogP contribution is 2.44. The molecule has 1 aliphatic rings. The van der Waals surface area contributed by atoms with Gasteiger partial charge in [0.2, 0.25) is 0 Å². The number of allylic oxidation sites excluding steroid dienone is 2. The van der Waals surface area contributed by atoms with Crippen LogP contribution in [0.15, 0.2) is 79.9 Å². The van der Waals surface area contributed by atoms with Gasteiger partial charge in [-0.25, -0.2) is 4.39 Å². The number of aromatic hydroxyl groups is 2. The molecule has 0 amide bonds. The number of phenols is 2. The van der Waals surface area contributed by atoms with E-state index in [2.05, 4.69) is 18.1 Å². The Bertz CT molecular complexity index is 1180. The molecule has 0 bridgehead atoms. The van der Waals surface area contributed by atoms with E-state index >= 15 is 4.39 Å². The van der Waals surface area contributed by atoms with Crippen LogP contribution < -0.4 is 0 Å². The van der Waals surface area contributed by atoms with E-state index in [9.17, 15) is 10.2 Å². The van der Waals surface area contributed by atoms with E-state index in [1.807, 2.05) is 30.3 Å². The third-order valence-electron chi connectivity index (χ3n) is 6.22. The first kappa shape index (κ1) is 23.7. The van der Waals surface area contributed by atoms with Crippen LogP contribution in [-0.2, 0) is 17.6 Å². The SMILES string of the molecule is C=CCc1ccc(O)c(-c2cc(CC=C)cc(C(c3ccccc3F)N3CCOCC3)c2O)c1. The first-order valence-corrected chi connectivity index (χ1v) is 11.5. The summed E-state index contributed by atoms with van der Waals surface area (Å²) in [5.41, 5.74) is 4.00. The predicted molar refractivity (Wildman–Crippen MR) is 134 cm³/mol. The Labute approximate surface area is 200 Å². The second-order valence-corrected chi connectivity index (χ2v) is 8.49. The summed E-state index contributed by atoms with van der Waals surface area (Å²) in [5, 5.41) is 22.3. The highest BCUT2D eigenvalue weighted by atomic mass is 19.1. The van der Waals surface area contributed by atoms with Gasteiger partial charge in [-0.2, -0.15) is 0 Å². The minimum absolute atomic E-state index is 0.0265. The van der Waals surface area contributed by atoms with Gasteiger partial charge in [0, 0.05) is 35.3 Å². The maximum Gasteiger partial charge on any atom is 0.128 e. The lowest BCUT2D eigenvalue weighted by Gasteiger charge is -2.36. The van der Waals surface area contributed by atoms with Gasteiger partial charge >= 0.3 is 0 Å². The highest BCUT2D eigenvalue weighted by Gasteiger charge is 2.30. The predicted octanol–water partition coefficient (Wildman–Crippen LogP) is 5.78. The van der Waals surface area contributed by atoms with Crippen molar-refractivity contribution in [3.63, 3.8) is 0 Å². The molecule has 0 spiro atoms. The highest BCUT2D eigenvalue weighted by molar-refractivity contribution is 5.78. The first-order valence-electron chi connectivity index (χ1n) is 11.5. The fraction of sp³-hybridized carbons (Fsp3) is 0.241. The fourth-order valence-corrected chi connectivity index (χ4v) is 4.60. The molecule has 4 nitrogen and oxygen atoms in total. The number of phenolic OH excluding ortho intramolecular Hbond substituents is 2. The molecule has 1 heterocycles. The molecule has 5 heteroatoms. The van der Waals surface area contributed by atoms with Gasteiger partial charge in [-0.15, -0.1) is 13.2 Å². The molecule has 176 valence electrons. The van der Waals surface area contributed by atoms with Crippen molar-refractivity contribution in [3.8, 4) is 22.6 Å². The van der Waals surface area contributed by atoms with Crippen LogP contribution in [0.4, 0.5) is 4.39 Å². The number of nitrogens with zero attached hydrogens (tertiary/aromatic N) is 1. The molecule has 4 rings (SSSR count). The second-order valence-electron chi connectivity index (χ2n) is 8.49. The van der Waals surface area contributed by atoms with E-state index in [0.29, 0.717) is 61.4 Å². The zero-order valence-corrected chi connectivity index (χ0v) is 19.2. The summed E-state index contributed by atoms with van der Waals surface area (Å²) in [6, 6.07) is 15.3. The molecule has 1 fully saturated rings. The van der Waals surface area contributed by atoms with Gasteiger partial charge < -0.3 is 14.9 Å². The Morgan fingerprint density at radius 3 is 2.26 bits per heavy atom. The monoisotopic (exact) mass is 459 g/mol. The van der Waals surface area contributed by atoms with E-state index in [1.54, 1.807) is 30.4 Å². The molecule has 0 aliphatic carbocycles. The van der Waals surface area contributed by atoms with Gasteiger partial charge in [-0.3, -0.25) is 4.90 Å². The molecule has 1 unspecified atom stereocenters. The molecule has 1 aliphatic heterocycles. The Morgan fingerprint density at radius 1 is 0.882 bits per heavy atom. The molecule has 2 N–H and O–H groups in total. The van der Waals surface area contributed by atoms with Crippen molar-refractivity contribution in [3.05, 3.63) is 108 Å². The van der Waals surface area contributed by atoms with E-state index in [0.717, 1.165) is 11.1 Å². The molecule has 0 radical (unpaired) electrons. The van der Waals surface area contributed by atoms with Gasteiger partial charge in [0.05, 0.1) is 19.3 Å². The van der Waals surface area contributed by atoms with E-state index in [1.165, 1.54) is 6.07 Å². The van der Waals surface area contributed by atoms with Crippen molar-refractivity contribution < 1.29 is 19.3 Å². The molecule has 0 saturated carbocycles. The Kier molecular flexibility index (Phi) is 7.46. The van der Waals surface area contributed by atoms with Crippen molar-refractivity contribution >= 4 is 0 Å². The summed E-state index contributed by atoms with van der Waals surface area (Å²) in [5.74, 6) is -0.234.